The maximum atomic E-state index is 13.3. The third-order valence-electron chi connectivity index (χ3n) is 4.24. The van der Waals surface area contributed by atoms with Crippen LogP contribution in [0, 0.1) is 0 Å². The van der Waals surface area contributed by atoms with Crippen molar-refractivity contribution in [3.05, 3.63) is 90.0 Å². The van der Waals surface area contributed by atoms with Crippen LogP contribution in [-0.4, -0.2) is 18.9 Å². The number of carbonyl (C=O) groups excluding carboxylic acids is 2. The van der Waals surface area contributed by atoms with E-state index in [0.717, 1.165) is 17.0 Å². The molecule has 0 fully saturated rings. The molecular weight excluding hydrogens is 352 g/mol. The van der Waals surface area contributed by atoms with Gasteiger partial charge in [-0.1, -0.05) is 36.4 Å². The fraction of sp³-hybridized carbons (Fsp3) is 0.130. The molecule has 0 unspecified atom stereocenters. The molecular formula is C23H22N2O3. The maximum Gasteiger partial charge on any atom is 0.258 e. The second-order valence-electron chi connectivity index (χ2n) is 6.34. The first kappa shape index (κ1) is 19.2. The van der Waals surface area contributed by atoms with E-state index in [1.54, 1.807) is 36.3 Å². The van der Waals surface area contributed by atoms with E-state index in [1.165, 1.54) is 6.92 Å². The topological polar surface area (TPSA) is 58.6 Å². The molecule has 3 rings (SSSR count). The van der Waals surface area contributed by atoms with Crippen molar-refractivity contribution >= 4 is 23.2 Å². The second-order valence-corrected chi connectivity index (χ2v) is 6.34. The summed E-state index contributed by atoms with van der Waals surface area (Å²) in [6.45, 7) is 1.87. The van der Waals surface area contributed by atoms with Gasteiger partial charge in [0, 0.05) is 23.9 Å². The number of methoxy groups -OCH3 is 1. The Labute approximate surface area is 164 Å². The number of hydrogen-bond donors (Lipinski definition) is 1. The van der Waals surface area contributed by atoms with Crippen LogP contribution in [0.1, 0.15) is 22.8 Å². The van der Waals surface area contributed by atoms with E-state index in [2.05, 4.69) is 5.32 Å². The zero-order valence-electron chi connectivity index (χ0n) is 15.9. The van der Waals surface area contributed by atoms with Crippen molar-refractivity contribution in [3.63, 3.8) is 0 Å². The molecule has 5 nitrogen and oxygen atoms in total. The largest absolute Gasteiger partial charge is 0.497 e. The van der Waals surface area contributed by atoms with Crippen LogP contribution in [0.15, 0.2) is 78.9 Å². The van der Waals surface area contributed by atoms with Crippen molar-refractivity contribution in [1.82, 2.24) is 0 Å². The highest BCUT2D eigenvalue weighted by Crippen LogP contribution is 2.24. The van der Waals surface area contributed by atoms with Crippen molar-refractivity contribution in [2.24, 2.45) is 0 Å². The van der Waals surface area contributed by atoms with Gasteiger partial charge in [0.25, 0.3) is 5.91 Å². The summed E-state index contributed by atoms with van der Waals surface area (Å²) in [5, 5.41) is 2.72. The Morgan fingerprint density at radius 1 is 0.929 bits per heavy atom. The zero-order chi connectivity index (χ0) is 19.9. The number of carbonyl (C=O) groups is 2. The molecule has 0 saturated heterocycles. The number of amides is 2. The van der Waals surface area contributed by atoms with E-state index < -0.39 is 0 Å². The first-order chi connectivity index (χ1) is 13.6. The Morgan fingerprint density at radius 3 is 2.29 bits per heavy atom. The lowest BCUT2D eigenvalue weighted by atomic mass is 10.1. The van der Waals surface area contributed by atoms with Gasteiger partial charge in [-0.2, -0.15) is 0 Å². The van der Waals surface area contributed by atoms with Crippen LogP contribution in [0.3, 0.4) is 0 Å². The van der Waals surface area contributed by atoms with Crippen LogP contribution in [-0.2, 0) is 11.3 Å². The Balaban J connectivity index is 1.95. The Bertz CT molecular complexity index is 953. The van der Waals surface area contributed by atoms with Gasteiger partial charge in [-0.05, 0) is 48.0 Å². The zero-order valence-corrected chi connectivity index (χ0v) is 15.9. The van der Waals surface area contributed by atoms with Gasteiger partial charge in [0.05, 0.1) is 13.7 Å². The van der Waals surface area contributed by atoms with Gasteiger partial charge in [-0.25, -0.2) is 0 Å². The molecule has 0 radical (unpaired) electrons. The Hall–Kier alpha value is -3.60. The molecule has 0 saturated carbocycles. The third kappa shape index (κ3) is 4.76. The highest BCUT2D eigenvalue weighted by molar-refractivity contribution is 6.07. The van der Waals surface area contributed by atoms with Gasteiger partial charge in [0.2, 0.25) is 5.91 Å². The average molecular weight is 374 g/mol. The Kier molecular flexibility index (Phi) is 6.07. The molecule has 2 amide bonds. The van der Waals surface area contributed by atoms with Crippen LogP contribution in [0.4, 0.5) is 11.4 Å². The molecule has 5 heteroatoms. The summed E-state index contributed by atoms with van der Waals surface area (Å²) in [5.41, 5.74) is 2.87. The number of ether oxygens (including phenoxy) is 1. The molecule has 0 aliphatic heterocycles. The molecule has 0 aliphatic rings. The third-order valence-corrected chi connectivity index (χ3v) is 4.24. The van der Waals surface area contributed by atoms with Gasteiger partial charge < -0.3 is 15.0 Å². The molecule has 0 aliphatic carbocycles. The number of hydrogen-bond acceptors (Lipinski definition) is 3. The Morgan fingerprint density at radius 2 is 1.64 bits per heavy atom. The van der Waals surface area contributed by atoms with Crippen LogP contribution < -0.4 is 15.0 Å². The van der Waals surface area contributed by atoms with Crippen LogP contribution in [0.25, 0.3) is 0 Å². The van der Waals surface area contributed by atoms with E-state index in [1.807, 2.05) is 54.6 Å². The molecule has 142 valence electrons. The summed E-state index contributed by atoms with van der Waals surface area (Å²) >= 11 is 0. The van der Waals surface area contributed by atoms with Crippen molar-refractivity contribution in [2.75, 3.05) is 17.3 Å². The first-order valence-corrected chi connectivity index (χ1v) is 8.94. The number of rotatable bonds is 6. The second kappa shape index (κ2) is 8.86. The minimum atomic E-state index is -0.180. The predicted octanol–water partition coefficient (Wildman–Crippen LogP) is 4.50. The molecule has 3 aromatic rings. The van der Waals surface area contributed by atoms with E-state index in [0.29, 0.717) is 17.8 Å². The minimum Gasteiger partial charge on any atom is -0.497 e. The van der Waals surface area contributed by atoms with Crippen LogP contribution in [0.5, 0.6) is 5.75 Å². The average Bonchev–Trinajstić information content (AvgIpc) is 2.72. The smallest absolute Gasteiger partial charge is 0.258 e. The number of nitrogens with one attached hydrogen (secondary N) is 1. The van der Waals surface area contributed by atoms with Crippen LogP contribution in [0.2, 0.25) is 0 Å². The fourth-order valence-corrected chi connectivity index (χ4v) is 2.90. The van der Waals surface area contributed by atoms with Crippen LogP contribution >= 0.6 is 0 Å². The predicted molar refractivity (Wildman–Crippen MR) is 111 cm³/mol. The molecule has 0 atom stereocenters. The van der Waals surface area contributed by atoms with Gasteiger partial charge in [0.15, 0.2) is 0 Å². The molecule has 28 heavy (non-hydrogen) atoms. The van der Waals surface area contributed by atoms with Gasteiger partial charge in [-0.3, -0.25) is 9.59 Å². The lowest BCUT2D eigenvalue weighted by Gasteiger charge is -2.24. The molecule has 0 aromatic heterocycles. The SMILES string of the molecule is COc1ccc(N(Cc2ccccc2)C(=O)c2cccc(NC(C)=O)c2)cc1. The van der Waals surface area contributed by atoms with Gasteiger partial charge in [0.1, 0.15) is 5.75 Å². The summed E-state index contributed by atoms with van der Waals surface area (Å²) in [7, 11) is 1.61. The van der Waals surface area contributed by atoms with Crippen molar-refractivity contribution < 1.29 is 14.3 Å². The first-order valence-electron chi connectivity index (χ1n) is 8.94. The standard InChI is InChI=1S/C23H22N2O3/c1-17(26)24-20-10-6-9-19(15-20)23(27)25(16-18-7-4-3-5-8-18)21-11-13-22(28-2)14-12-21/h3-15H,16H2,1-2H3,(H,24,26). The van der Waals surface area contributed by atoms with E-state index >= 15 is 0 Å². The van der Waals surface area contributed by atoms with E-state index in [-0.39, 0.29) is 11.8 Å². The lowest BCUT2D eigenvalue weighted by Crippen LogP contribution is -2.30. The molecule has 0 heterocycles. The molecule has 3 aromatic carbocycles. The maximum absolute atomic E-state index is 13.3. The fourth-order valence-electron chi connectivity index (χ4n) is 2.90. The minimum absolute atomic E-state index is 0.152. The van der Waals surface area contributed by atoms with Crippen molar-refractivity contribution in [2.45, 2.75) is 13.5 Å². The summed E-state index contributed by atoms with van der Waals surface area (Å²) in [6, 6.07) is 24.1. The molecule has 1 N–H and O–H groups in total. The molecule has 0 spiro atoms. The highest BCUT2D eigenvalue weighted by atomic mass is 16.5. The number of benzene rings is 3. The lowest BCUT2D eigenvalue weighted by molar-refractivity contribution is -0.114. The van der Waals surface area contributed by atoms with Gasteiger partial charge >= 0.3 is 0 Å². The van der Waals surface area contributed by atoms with E-state index in [9.17, 15) is 9.59 Å². The summed E-state index contributed by atoms with van der Waals surface area (Å²) in [4.78, 5) is 26.4. The quantitative estimate of drug-likeness (QED) is 0.691. The van der Waals surface area contributed by atoms with Crippen molar-refractivity contribution in [3.8, 4) is 5.75 Å². The normalized spacial score (nSPS) is 10.2. The highest BCUT2D eigenvalue weighted by Gasteiger charge is 2.19. The van der Waals surface area contributed by atoms with Gasteiger partial charge in [-0.15, -0.1) is 0 Å². The summed E-state index contributed by atoms with van der Waals surface area (Å²) in [6.07, 6.45) is 0. The van der Waals surface area contributed by atoms with E-state index in [4.69, 9.17) is 4.74 Å². The monoisotopic (exact) mass is 374 g/mol. The number of nitrogens with zero attached hydrogens (tertiary/aromatic N) is 1. The summed E-state index contributed by atoms with van der Waals surface area (Å²) < 4.78 is 5.22. The number of anilines is 2. The van der Waals surface area contributed by atoms with Crippen molar-refractivity contribution in [1.29, 1.82) is 0 Å². The molecule has 0 bridgehead atoms. The summed E-state index contributed by atoms with van der Waals surface area (Å²) in [5.74, 6) is 0.394.